The molecule has 0 unspecified atom stereocenters. The molecule has 7 nitrogen and oxygen atoms in total. The second kappa shape index (κ2) is 7.41. The Kier molecular flexibility index (Phi) is 5.56. The van der Waals surface area contributed by atoms with Crippen LogP contribution in [0.1, 0.15) is 35.1 Å². The van der Waals surface area contributed by atoms with E-state index in [1.165, 1.54) is 29.5 Å². The molecule has 1 amide bonds. The van der Waals surface area contributed by atoms with Crippen LogP contribution in [0, 0.1) is 10.1 Å². The third-order valence-electron chi connectivity index (χ3n) is 2.84. The van der Waals surface area contributed by atoms with E-state index in [1.54, 1.807) is 0 Å². The number of aryl methyl sites for hydroxylation is 1. The number of nitrogens with one attached hydrogen (secondary N) is 1. The van der Waals surface area contributed by atoms with E-state index in [1.807, 2.05) is 0 Å². The number of nitro groups is 1. The molecule has 0 spiro atoms. The number of nitrogens with zero attached hydrogens (tertiary/aromatic N) is 3. The minimum Gasteiger partial charge on any atom is -0.296 e. The molecule has 2 aromatic rings. The number of anilines is 1. The summed E-state index contributed by atoms with van der Waals surface area (Å²) in [6.07, 6.45) is 2.90. The van der Waals surface area contributed by atoms with Crippen molar-refractivity contribution >= 4 is 44.0 Å². The lowest BCUT2D eigenvalue weighted by Crippen LogP contribution is -2.12. The van der Waals surface area contributed by atoms with Crippen molar-refractivity contribution in [1.82, 2.24) is 10.2 Å². The number of carbonyl (C=O) groups is 1. The van der Waals surface area contributed by atoms with Crippen molar-refractivity contribution < 1.29 is 9.72 Å². The van der Waals surface area contributed by atoms with E-state index in [2.05, 4.69) is 38.4 Å². The van der Waals surface area contributed by atoms with E-state index in [0.29, 0.717) is 9.60 Å². The average Bonchev–Trinajstić information content (AvgIpc) is 2.92. The summed E-state index contributed by atoms with van der Waals surface area (Å²) in [6, 6.07) is 4.20. The number of hydrogen-bond acceptors (Lipinski definition) is 6. The third kappa shape index (κ3) is 4.08. The molecular weight excluding hydrogens is 372 g/mol. The second-order valence-corrected chi connectivity index (χ2v) is 6.40. The van der Waals surface area contributed by atoms with Gasteiger partial charge < -0.3 is 0 Å². The first-order valence-corrected chi connectivity index (χ1v) is 8.20. The Morgan fingerprint density at radius 1 is 1.45 bits per heavy atom. The standard InChI is InChI=1S/C13H13BrN4O3S/c1-2-3-4-11-16-17-13(22-11)15-12(19)8-5-6-9(14)10(7-8)18(20)21/h5-7H,2-4H2,1H3,(H,15,17,19). The average molecular weight is 385 g/mol. The fourth-order valence-corrected chi connectivity index (χ4v) is 2.86. The van der Waals surface area contributed by atoms with Gasteiger partial charge in [-0.15, -0.1) is 10.2 Å². The largest absolute Gasteiger partial charge is 0.296 e. The quantitative estimate of drug-likeness (QED) is 0.602. The summed E-state index contributed by atoms with van der Waals surface area (Å²) in [5.41, 5.74) is 0.0359. The van der Waals surface area contributed by atoms with Gasteiger partial charge in [0, 0.05) is 18.1 Å². The molecule has 0 fully saturated rings. The SMILES string of the molecule is CCCCc1nnc(NC(=O)c2ccc(Br)c([N+](=O)[O-])c2)s1. The van der Waals surface area contributed by atoms with Crippen LogP contribution < -0.4 is 5.32 Å². The molecule has 1 N–H and O–H groups in total. The molecule has 1 aromatic carbocycles. The topological polar surface area (TPSA) is 98.0 Å². The summed E-state index contributed by atoms with van der Waals surface area (Å²) in [7, 11) is 0. The van der Waals surface area contributed by atoms with Gasteiger partial charge in [-0.1, -0.05) is 24.7 Å². The molecule has 0 aliphatic rings. The normalized spacial score (nSPS) is 10.5. The number of unbranched alkanes of at least 4 members (excludes halogenated alkanes) is 1. The van der Waals surface area contributed by atoms with Crippen molar-refractivity contribution in [2.45, 2.75) is 26.2 Å². The maximum atomic E-state index is 12.1. The van der Waals surface area contributed by atoms with Crippen LogP contribution in [0.5, 0.6) is 0 Å². The number of amides is 1. The summed E-state index contributed by atoms with van der Waals surface area (Å²) in [5.74, 6) is -0.450. The fourth-order valence-electron chi connectivity index (χ4n) is 1.70. The Morgan fingerprint density at radius 3 is 2.91 bits per heavy atom. The highest BCUT2D eigenvalue weighted by Crippen LogP contribution is 2.26. The molecule has 0 aliphatic carbocycles. The van der Waals surface area contributed by atoms with Gasteiger partial charge in [0.05, 0.1) is 9.40 Å². The number of nitro benzene ring substituents is 1. The van der Waals surface area contributed by atoms with E-state index in [9.17, 15) is 14.9 Å². The molecule has 0 aliphatic heterocycles. The van der Waals surface area contributed by atoms with Gasteiger partial charge in [-0.25, -0.2) is 0 Å². The fraction of sp³-hybridized carbons (Fsp3) is 0.308. The number of carbonyl (C=O) groups excluding carboxylic acids is 1. The zero-order chi connectivity index (χ0) is 16.1. The smallest absolute Gasteiger partial charge is 0.284 e. The van der Waals surface area contributed by atoms with Crippen molar-refractivity contribution in [3.63, 3.8) is 0 Å². The van der Waals surface area contributed by atoms with Crippen LogP contribution in [0.2, 0.25) is 0 Å². The molecule has 1 aromatic heterocycles. The summed E-state index contributed by atoms with van der Waals surface area (Å²) in [4.78, 5) is 22.4. The van der Waals surface area contributed by atoms with Gasteiger partial charge in [0.25, 0.3) is 11.6 Å². The van der Waals surface area contributed by atoms with E-state index < -0.39 is 10.8 Å². The van der Waals surface area contributed by atoms with Crippen LogP contribution in [0.3, 0.4) is 0 Å². The minimum absolute atomic E-state index is 0.159. The van der Waals surface area contributed by atoms with Gasteiger partial charge in [-0.2, -0.15) is 0 Å². The molecule has 2 rings (SSSR count). The van der Waals surface area contributed by atoms with E-state index >= 15 is 0 Å². The number of halogens is 1. The van der Waals surface area contributed by atoms with Crippen molar-refractivity contribution in [1.29, 1.82) is 0 Å². The van der Waals surface area contributed by atoms with Crippen LogP contribution in [0.25, 0.3) is 0 Å². The molecule has 116 valence electrons. The Labute approximate surface area is 139 Å². The zero-order valence-corrected chi connectivity index (χ0v) is 14.1. The summed E-state index contributed by atoms with van der Waals surface area (Å²) >= 11 is 4.39. The molecule has 1 heterocycles. The molecule has 0 bridgehead atoms. The molecule has 0 atom stereocenters. The molecular formula is C13H13BrN4O3S. The van der Waals surface area contributed by atoms with Crippen LogP contribution in [-0.4, -0.2) is 21.0 Å². The Morgan fingerprint density at radius 2 is 2.23 bits per heavy atom. The monoisotopic (exact) mass is 384 g/mol. The van der Waals surface area contributed by atoms with Gasteiger partial charge in [-0.3, -0.25) is 20.2 Å². The van der Waals surface area contributed by atoms with Crippen molar-refractivity contribution in [3.8, 4) is 0 Å². The summed E-state index contributed by atoms with van der Waals surface area (Å²) < 4.78 is 0.326. The Bertz CT molecular complexity index is 704. The lowest BCUT2D eigenvalue weighted by Gasteiger charge is -2.02. The molecule has 0 saturated carbocycles. The van der Waals surface area contributed by atoms with Gasteiger partial charge >= 0.3 is 0 Å². The first-order valence-electron chi connectivity index (χ1n) is 6.59. The number of rotatable bonds is 6. The molecule has 9 heteroatoms. The summed E-state index contributed by atoms with van der Waals surface area (Å²) in [6.45, 7) is 2.09. The lowest BCUT2D eigenvalue weighted by atomic mass is 10.2. The highest BCUT2D eigenvalue weighted by Gasteiger charge is 2.17. The van der Waals surface area contributed by atoms with Gasteiger partial charge in [0.15, 0.2) is 0 Å². The Balaban J connectivity index is 2.10. The lowest BCUT2D eigenvalue weighted by molar-refractivity contribution is -0.385. The van der Waals surface area contributed by atoms with Crippen molar-refractivity contribution in [2.75, 3.05) is 5.32 Å². The number of hydrogen-bond donors (Lipinski definition) is 1. The van der Waals surface area contributed by atoms with E-state index in [0.717, 1.165) is 24.3 Å². The van der Waals surface area contributed by atoms with Crippen LogP contribution in [0.15, 0.2) is 22.7 Å². The van der Waals surface area contributed by atoms with Crippen LogP contribution in [-0.2, 0) is 6.42 Å². The third-order valence-corrected chi connectivity index (χ3v) is 4.41. The number of benzene rings is 1. The predicted molar refractivity (Wildman–Crippen MR) is 87.3 cm³/mol. The van der Waals surface area contributed by atoms with Crippen LogP contribution in [0.4, 0.5) is 10.8 Å². The predicted octanol–water partition coefficient (Wildman–Crippen LogP) is 3.80. The van der Waals surface area contributed by atoms with E-state index in [4.69, 9.17) is 0 Å². The van der Waals surface area contributed by atoms with Crippen molar-refractivity contribution in [3.05, 3.63) is 43.4 Å². The van der Waals surface area contributed by atoms with E-state index in [-0.39, 0.29) is 11.3 Å². The maximum absolute atomic E-state index is 12.1. The van der Waals surface area contributed by atoms with Crippen LogP contribution >= 0.6 is 27.3 Å². The Hall–Kier alpha value is -1.87. The maximum Gasteiger partial charge on any atom is 0.284 e. The zero-order valence-electron chi connectivity index (χ0n) is 11.7. The molecule has 0 saturated heterocycles. The summed E-state index contributed by atoms with van der Waals surface area (Å²) in [5, 5.41) is 22.6. The molecule has 22 heavy (non-hydrogen) atoms. The second-order valence-electron chi connectivity index (χ2n) is 4.48. The highest BCUT2D eigenvalue weighted by atomic mass is 79.9. The van der Waals surface area contributed by atoms with Gasteiger partial charge in [0.1, 0.15) is 5.01 Å². The van der Waals surface area contributed by atoms with Crippen molar-refractivity contribution in [2.24, 2.45) is 0 Å². The first-order chi connectivity index (χ1) is 10.5. The minimum atomic E-state index is -0.547. The highest BCUT2D eigenvalue weighted by molar-refractivity contribution is 9.10. The van der Waals surface area contributed by atoms with Gasteiger partial charge in [-0.05, 0) is 34.5 Å². The number of aromatic nitrogens is 2. The first kappa shape index (κ1) is 16.5. The van der Waals surface area contributed by atoms with Gasteiger partial charge in [0.2, 0.25) is 5.13 Å². The molecule has 0 radical (unpaired) electrons.